The van der Waals surface area contributed by atoms with E-state index < -0.39 is 0 Å². The van der Waals surface area contributed by atoms with Crippen molar-refractivity contribution in [3.8, 4) is 0 Å². The number of rotatable bonds is 7. The molecular formula is C28H24ClF2N5OS. The Morgan fingerprint density at radius 3 is 2.29 bits per heavy atom. The van der Waals surface area contributed by atoms with E-state index in [4.69, 9.17) is 16.6 Å². The summed E-state index contributed by atoms with van der Waals surface area (Å²) in [6.45, 7) is 2.72. The third kappa shape index (κ3) is 6.41. The van der Waals surface area contributed by atoms with Crippen LogP contribution in [-0.2, 0) is 5.75 Å². The van der Waals surface area contributed by atoms with Crippen LogP contribution in [0.1, 0.15) is 15.9 Å². The van der Waals surface area contributed by atoms with Gasteiger partial charge < -0.3 is 15.1 Å². The Morgan fingerprint density at radius 1 is 0.895 bits per heavy atom. The van der Waals surface area contributed by atoms with Crippen molar-refractivity contribution in [3.05, 3.63) is 107 Å². The van der Waals surface area contributed by atoms with Crippen molar-refractivity contribution in [2.75, 3.05) is 41.3 Å². The van der Waals surface area contributed by atoms with E-state index in [9.17, 15) is 13.6 Å². The summed E-state index contributed by atoms with van der Waals surface area (Å²) in [4.78, 5) is 25.7. The molecule has 5 rings (SSSR count). The maximum absolute atomic E-state index is 14.2. The maximum Gasteiger partial charge on any atom is 0.255 e. The first-order valence-corrected chi connectivity index (χ1v) is 13.4. The lowest BCUT2D eigenvalue weighted by atomic mass is 10.1. The summed E-state index contributed by atoms with van der Waals surface area (Å²) in [5.41, 5.74) is 2.64. The molecule has 0 atom stereocenters. The highest BCUT2D eigenvalue weighted by Crippen LogP contribution is 2.27. The third-order valence-corrected chi connectivity index (χ3v) is 7.26. The second kappa shape index (κ2) is 11.8. The van der Waals surface area contributed by atoms with Crippen molar-refractivity contribution in [3.63, 3.8) is 0 Å². The first-order chi connectivity index (χ1) is 18.4. The zero-order valence-corrected chi connectivity index (χ0v) is 21.9. The van der Waals surface area contributed by atoms with E-state index in [0.717, 1.165) is 11.4 Å². The zero-order chi connectivity index (χ0) is 26.5. The molecule has 194 valence electrons. The Kier molecular flexibility index (Phi) is 8.05. The minimum Gasteiger partial charge on any atom is -0.366 e. The monoisotopic (exact) mass is 551 g/mol. The number of halogens is 3. The van der Waals surface area contributed by atoms with Gasteiger partial charge in [0.05, 0.1) is 5.69 Å². The average molecular weight is 552 g/mol. The Hall–Kier alpha value is -3.69. The zero-order valence-electron chi connectivity index (χ0n) is 20.3. The number of benzene rings is 3. The topological polar surface area (TPSA) is 61.4 Å². The third-order valence-electron chi connectivity index (χ3n) is 6.14. The summed E-state index contributed by atoms with van der Waals surface area (Å²) in [6.07, 6.45) is 0. The summed E-state index contributed by atoms with van der Waals surface area (Å²) in [5.74, 6) is 0.497. The predicted octanol–water partition coefficient (Wildman–Crippen LogP) is 6.28. The fraction of sp³-hybridized carbons (Fsp3) is 0.179. The summed E-state index contributed by atoms with van der Waals surface area (Å²) in [5, 5.41) is 3.67. The van der Waals surface area contributed by atoms with E-state index in [1.165, 1.54) is 42.1 Å². The van der Waals surface area contributed by atoms with Crippen molar-refractivity contribution < 1.29 is 13.6 Å². The number of anilines is 3. The van der Waals surface area contributed by atoms with Crippen LogP contribution in [0.4, 0.5) is 26.0 Å². The lowest BCUT2D eigenvalue weighted by molar-refractivity contribution is 0.102. The molecule has 3 aromatic carbocycles. The van der Waals surface area contributed by atoms with Crippen molar-refractivity contribution in [1.29, 1.82) is 0 Å². The van der Waals surface area contributed by atoms with Gasteiger partial charge in [-0.3, -0.25) is 4.79 Å². The molecule has 0 spiro atoms. The SMILES string of the molecule is O=C(Nc1ccc(F)cc1)c1ccc(CSc2nc(Cl)cc(N3CCN(c4ccccc4F)CC3)n2)cc1. The lowest BCUT2D eigenvalue weighted by Gasteiger charge is -2.36. The Morgan fingerprint density at radius 2 is 1.58 bits per heavy atom. The van der Waals surface area contributed by atoms with Crippen LogP contribution in [0, 0.1) is 11.6 Å². The molecule has 1 aliphatic rings. The standard InChI is InChI=1S/C28H24ClF2N5OS/c29-25-17-26(36-15-13-35(14-16-36)24-4-2-1-3-23(24)31)34-28(33-25)38-18-19-5-7-20(8-6-19)27(37)32-22-11-9-21(30)10-12-22/h1-12,17H,13-16,18H2,(H,32,37). The van der Waals surface area contributed by atoms with Gasteiger partial charge >= 0.3 is 0 Å². The van der Waals surface area contributed by atoms with E-state index in [0.29, 0.717) is 59.2 Å². The summed E-state index contributed by atoms with van der Waals surface area (Å²) in [6, 6.07) is 21.4. The van der Waals surface area contributed by atoms with Crippen LogP contribution in [0.2, 0.25) is 5.15 Å². The molecule has 2 heterocycles. The molecule has 1 saturated heterocycles. The molecule has 38 heavy (non-hydrogen) atoms. The number of thioether (sulfide) groups is 1. The maximum atomic E-state index is 14.2. The van der Waals surface area contributed by atoms with Gasteiger partial charge in [0.2, 0.25) is 0 Å². The van der Waals surface area contributed by atoms with Crippen molar-refractivity contribution >= 4 is 46.5 Å². The first-order valence-electron chi connectivity index (χ1n) is 12.0. The summed E-state index contributed by atoms with van der Waals surface area (Å²) in [7, 11) is 0. The minimum atomic E-state index is -0.358. The molecule has 1 N–H and O–H groups in total. The molecule has 0 unspecified atom stereocenters. The number of carbonyl (C=O) groups excluding carboxylic acids is 1. The number of hydrogen-bond acceptors (Lipinski definition) is 6. The summed E-state index contributed by atoms with van der Waals surface area (Å²) < 4.78 is 27.2. The molecule has 1 amide bonds. The number of piperazine rings is 1. The van der Waals surface area contributed by atoms with Crippen LogP contribution in [0.5, 0.6) is 0 Å². The van der Waals surface area contributed by atoms with Gasteiger partial charge in [0.1, 0.15) is 22.6 Å². The highest BCUT2D eigenvalue weighted by Gasteiger charge is 2.21. The van der Waals surface area contributed by atoms with Gasteiger partial charge in [-0.25, -0.2) is 18.7 Å². The first kappa shape index (κ1) is 25.9. The molecule has 10 heteroatoms. The molecule has 0 saturated carbocycles. The number of amides is 1. The Balaban J connectivity index is 1.17. The van der Waals surface area contributed by atoms with Crippen LogP contribution < -0.4 is 15.1 Å². The number of hydrogen-bond donors (Lipinski definition) is 1. The summed E-state index contributed by atoms with van der Waals surface area (Å²) >= 11 is 7.76. The number of carbonyl (C=O) groups is 1. The molecular weight excluding hydrogens is 528 g/mol. The van der Waals surface area contributed by atoms with E-state index in [1.807, 2.05) is 23.1 Å². The quantitative estimate of drug-likeness (QED) is 0.166. The van der Waals surface area contributed by atoms with Crippen LogP contribution in [0.15, 0.2) is 84.0 Å². The molecule has 6 nitrogen and oxygen atoms in total. The van der Waals surface area contributed by atoms with E-state index in [1.54, 1.807) is 30.3 Å². The van der Waals surface area contributed by atoms with Crippen molar-refractivity contribution in [2.24, 2.45) is 0 Å². The lowest BCUT2D eigenvalue weighted by Crippen LogP contribution is -2.47. The van der Waals surface area contributed by atoms with Gasteiger partial charge in [-0.2, -0.15) is 0 Å². The van der Waals surface area contributed by atoms with Crippen LogP contribution in [0.25, 0.3) is 0 Å². The van der Waals surface area contributed by atoms with Gasteiger partial charge in [0.15, 0.2) is 5.16 Å². The molecule has 1 aliphatic heterocycles. The minimum absolute atomic E-state index is 0.216. The molecule has 1 aromatic heterocycles. The molecule has 0 aliphatic carbocycles. The van der Waals surface area contributed by atoms with Crippen LogP contribution in [-0.4, -0.2) is 42.1 Å². The molecule has 0 radical (unpaired) electrons. The highest BCUT2D eigenvalue weighted by molar-refractivity contribution is 7.98. The van der Waals surface area contributed by atoms with Gasteiger partial charge in [0, 0.05) is 49.2 Å². The van der Waals surface area contributed by atoms with Crippen LogP contribution >= 0.6 is 23.4 Å². The largest absolute Gasteiger partial charge is 0.366 e. The number of para-hydroxylation sites is 1. The fourth-order valence-electron chi connectivity index (χ4n) is 4.13. The number of nitrogens with one attached hydrogen (secondary N) is 1. The number of nitrogens with zero attached hydrogens (tertiary/aromatic N) is 4. The van der Waals surface area contributed by atoms with Crippen LogP contribution in [0.3, 0.4) is 0 Å². The van der Waals surface area contributed by atoms with Gasteiger partial charge in [-0.15, -0.1) is 0 Å². The smallest absolute Gasteiger partial charge is 0.255 e. The van der Waals surface area contributed by atoms with E-state index in [-0.39, 0.29) is 17.5 Å². The van der Waals surface area contributed by atoms with Crippen molar-refractivity contribution in [2.45, 2.75) is 10.9 Å². The van der Waals surface area contributed by atoms with Gasteiger partial charge in [-0.05, 0) is 54.1 Å². The molecule has 0 bridgehead atoms. The van der Waals surface area contributed by atoms with E-state index in [2.05, 4.69) is 15.2 Å². The average Bonchev–Trinajstić information content (AvgIpc) is 2.93. The second-order valence-electron chi connectivity index (χ2n) is 8.70. The highest BCUT2D eigenvalue weighted by atomic mass is 35.5. The van der Waals surface area contributed by atoms with Gasteiger partial charge in [-0.1, -0.05) is 47.6 Å². The predicted molar refractivity (Wildman–Crippen MR) is 148 cm³/mol. The van der Waals surface area contributed by atoms with Gasteiger partial charge in [0.25, 0.3) is 5.91 Å². The Bertz CT molecular complexity index is 1410. The normalized spacial score (nSPS) is 13.4. The fourth-order valence-corrected chi connectivity index (χ4v) is 5.17. The van der Waals surface area contributed by atoms with Crippen molar-refractivity contribution in [1.82, 2.24) is 9.97 Å². The second-order valence-corrected chi connectivity index (χ2v) is 10.0. The molecule has 1 fully saturated rings. The Labute approximate surface area is 228 Å². The molecule has 4 aromatic rings. The number of aromatic nitrogens is 2. The van der Waals surface area contributed by atoms with E-state index >= 15 is 0 Å².